The van der Waals surface area contributed by atoms with Gasteiger partial charge in [-0.15, -0.1) is 0 Å². The van der Waals surface area contributed by atoms with Crippen molar-refractivity contribution in [3.8, 4) is 16.9 Å². The van der Waals surface area contributed by atoms with Crippen LogP contribution in [0.2, 0.25) is 6.04 Å². The van der Waals surface area contributed by atoms with Gasteiger partial charge in [0.25, 0.3) is 0 Å². The van der Waals surface area contributed by atoms with Crippen LogP contribution < -0.4 is 4.74 Å². The second kappa shape index (κ2) is 9.90. The lowest BCUT2D eigenvalue weighted by atomic mass is 9.79. The summed E-state index contributed by atoms with van der Waals surface area (Å²) in [6.07, 6.45) is 0.499. The van der Waals surface area contributed by atoms with Gasteiger partial charge in [0, 0.05) is 27.9 Å². The molecule has 1 aliphatic rings. The van der Waals surface area contributed by atoms with Gasteiger partial charge in [-0.05, 0) is 60.4 Å². The molecule has 3 aromatic carbocycles. The molecule has 3 aromatic rings. The van der Waals surface area contributed by atoms with Crippen LogP contribution in [0.1, 0.15) is 48.3 Å². The van der Waals surface area contributed by atoms with E-state index in [4.69, 9.17) is 0 Å². The molecule has 3 radical (unpaired) electrons. The quantitative estimate of drug-likeness (QED) is 0.252. The highest BCUT2D eigenvalue weighted by molar-refractivity contribution is 6.08. The molecule has 0 spiro atoms. The van der Waals surface area contributed by atoms with Gasteiger partial charge in [-0.3, -0.25) is 0 Å². The summed E-state index contributed by atoms with van der Waals surface area (Å²) in [4.78, 5) is 0. The van der Waals surface area contributed by atoms with Gasteiger partial charge in [0.1, 0.15) is 23.2 Å². The number of hydrogen-bond acceptors (Lipinski definition) is 1. The van der Waals surface area contributed by atoms with E-state index >= 15 is 0 Å². The number of rotatable bonds is 6. The van der Waals surface area contributed by atoms with Gasteiger partial charge >= 0.3 is 6.11 Å². The first-order chi connectivity index (χ1) is 16.2. The van der Waals surface area contributed by atoms with Crippen LogP contribution in [-0.4, -0.2) is 10.2 Å². The number of ether oxygens (including phenoxy) is 1. The molecule has 0 unspecified atom stereocenters. The maximum Gasteiger partial charge on any atom is 0.429 e. The molecule has 0 amide bonds. The van der Waals surface area contributed by atoms with Gasteiger partial charge in [-0.1, -0.05) is 49.2 Å². The van der Waals surface area contributed by atoms with E-state index in [2.05, 4.69) is 15.0 Å². The Hall–Kier alpha value is -2.67. The third-order valence-corrected chi connectivity index (χ3v) is 7.21. The maximum atomic E-state index is 14.7. The largest absolute Gasteiger partial charge is 0.429 e. The smallest absolute Gasteiger partial charge is 0.429 e. The van der Waals surface area contributed by atoms with Crippen molar-refractivity contribution < 1.29 is 26.7 Å². The summed E-state index contributed by atoms with van der Waals surface area (Å²) in [5, 5.41) is 0. The third-order valence-electron chi connectivity index (χ3n) is 6.63. The van der Waals surface area contributed by atoms with Gasteiger partial charge in [0.2, 0.25) is 0 Å². The highest BCUT2D eigenvalue weighted by Gasteiger charge is 2.38. The Morgan fingerprint density at radius 3 is 1.97 bits per heavy atom. The zero-order valence-electron chi connectivity index (χ0n) is 18.7. The predicted molar refractivity (Wildman–Crippen MR) is 123 cm³/mol. The summed E-state index contributed by atoms with van der Waals surface area (Å²) in [5.41, 5.74) is 1.04. The summed E-state index contributed by atoms with van der Waals surface area (Å²) in [5.74, 6) is -2.74. The monoisotopic (exact) mass is 487 g/mol. The van der Waals surface area contributed by atoms with Crippen LogP contribution in [0.4, 0.5) is 22.0 Å². The average Bonchev–Trinajstić information content (AvgIpc) is 2.82. The van der Waals surface area contributed by atoms with E-state index in [-0.39, 0.29) is 5.56 Å². The average molecular weight is 488 g/mol. The highest BCUT2D eigenvalue weighted by Crippen LogP contribution is 2.38. The Morgan fingerprint density at radius 2 is 1.41 bits per heavy atom. The molecule has 1 aliphatic carbocycles. The van der Waals surface area contributed by atoms with Gasteiger partial charge < -0.3 is 4.74 Å². The topological polar surface area (TPSA) is 9.23 Å². The van der Waals surface area contributed by atoms with Crippen molar-refractivity contribution in [2.45, 2.75) is 50.7 Å². The van der Waals surface area contributed by atoms with E-state index in [1.54, 1.807) is 0 Å². The minimum atomic E-state index is -4.12. The number of benzene rings is 3. The fraction of sp³-hybridized carbons (Fsp3) is 0.333. The molecule has 1 saturated carbocycles. The first-order valence-corrected chi connectivity index (χ1v) is 12.0. The molecule has 0 heterocycles. The Balaban J connectivity index is 1.50. The van der Waals surface area contributed by atoms with Crippen LogP contribution >= 0.6 is 0 Å². The van der Waals surface area contributed by atoms with Gasteiger partial charge in [-0.2, -0.15) is 8.78 Å². The molecule has 4 rings (SSSR count). The van der Waals surface area contributed by atoms with E-state index in [1.807, 2.05) is 24.3 Å². The van der Waals surface area contributed by atoms with Crippen LogP contribution in [0.5, 0.6) is 5.75 Å². The number of halogens is 5. The molecule has 0 atom stereocenters. The van der Waals surface area contributed by atoms with Gasteiger partial charge in [0.05, 0.1) is 5.56 Å². The van der Waals surface area contributed by atoms with Crippen molar-refractivity contribution in [3.05, 3.63) is 88.7 Å². The molecular weight excluding hydrogens is 463 g/mol. The first kappa shape index (κ1) is 24.5. The zero-order chi connectivity index (χ0) is 24.5. The molecule has 1 fully saturated rings. The lowest BCUT2D eigenvalue weighted by Crippen LogP contribution is -2.23. The molecule has 0 aromatic heterocycles. The SMILES string of the molecule is Cc1c(F)cc(OC(F)(F)c2ccc(-c3ccc(C4CCC(C[Si])CC4)cc3)cc2F)cc1F. The van der Waals surface area contributed by atoms with Crippen LogP contribution in [0.15, 0.2) is 54.6 Å². The normalized spacial score (nSPS) is 18.7. The second-order valence-electron chi connectivity index (χ2n) is 8.87. The summed E-state index contributed by atoms with van der Waals surface area (Å²) < 4.78 is 75.7. The van der Waals surface area contributed by atoms with E-state index < -0.39 is 34.9 Å². The lowest BCUT2D eigenvalue weighted by molar-refractivity contribution is -0.187. The number of hydrogen-bond donors (Lipinski definition) is 0. The van der Waals surface area contributed by atoms with Crippen molar-refractivity contribution in [3.63, 3.8) is 0 Å². The van der Waals surface area contributed by atoms with Crippen molar-refractivity contribution >= 4 is 10.2 Å². The molecule has 0 N–H and O–H groups in total. The molecule has 7 heteroatoms. The molecule has 177 valence electrons. The zero-order valence-corrected chi connectivity index (χ0v) is 19.7. The molecule has 0 aliphatic heterocycles. The second-order valence-corrected chi connectivity index (χ2v) is 9.28. The fourth-order valence-corrected chi connectivity index (χ4v) is 4.87. The summed E-state index contributed by atoms with van der Waals surface area (Å²) in [6, 6.07) is 13.4. The Morgan fingerprint density at radius 1 is 0.824 bits per heavy atom. The molecule has 0 bridgehead atoms. The van der Waals surface area contributed by atoms with Crippen molar-refractivity contribution in [2.24, 2.45) is 5.92 Å². The molecule has 34 heavy (non-hydrogen) atoms. The number of alkyl halides is 2. The van der Waals surface area contributed by atoms with Gasteiger partial charge in [0.15, 0.2) is 0 Å². The van der Waals surface area contributed by atoms with Crippen molar-refractivity contribution in [2.75, 3.05) is 0 Å². The van der Waals surface area contributed by atoms with Gasteiger partial charge in [-0.25, -0.2) is 13.2 Å². The molecule has 0 saturated heterocycles. The van der Waals surface area contributed by atoms with Crippen LogP contribution in [-0.2, 0) is 6.11 Å². The Kier molecular flexibility index (Phi) is 7.12. The summed E-state index contributed by atoms with van der Waals surface area (Å²) in [7, 11) is 3.60. The van der Waals surface area contributed by atoms with Crippen molar-refractivity contribution in [1.29, 1.82) is 0 Å². The standard InChI is InChI=1S/C27H24F5OSi/c1-16-24(28)13-22(14-25(16)29)33-27(31,32)23-11-10-21(12-26(23)30)20-8-6-19(7-9-20)18-4-2-17(15-34)3-5-18/h6-14,17-18H,2-5,15H2,1H3. The van der Waals surface area contributed by atoms with Crippen molar-refractivity contribution in [1.82, 2.24) is 0 Å². The lowest BCUT2D eigenvalue weighted by Gasteiger charge is -2.28. The van der Waals surface area contributed by atoms with Crippen LogP contribution in [0, 0.1) is 30.3 Å². The van der Waals surface area contributed by atoms with E-state index in [0.717, 1.165) is 36.9 Å². The highest BCUT2D eigenvalue weighted by atomic mass is 28.1. The minimum absolute atomic E-state index is 0.316. The fourth-order valence-electron chi connectivity index (χ4n) is 4.46. The summed E-state index contributed by atoms with van der Waals surface area (Å²) in [6.45, 7) is 1.17. The van der Waals surface area contributed by atoms with Crippen LogP contribution in [0.25, 0.3) is 11.1 Å². The predicted octanol–water partition coefficient (Wildman–Crippen LogP) is 8.07. The minimum Gasteiger partial charge on any atom is -0.429 e. The molecule has 1 nitrogen and oxygen atoms in total. The van der Waals surface area contributed by atoms with E-state index in [9.17, 15) is 22.0 Å². The maximum absolute atomic E-state index is 14.7. The van der Waals surface area contributed by atoms with E-state index in [0.29, 0.717) is 29.2 Å². The third kappa shape index (κ3) is 5.19. The summed E-state index contributed by atoms with van der Waals surface area (Å²) >= 11 is 0. The van der Waals surface area contributed by atoms with Crippen LogP contribution in [0.3, 0.4) is 0 Å². The first-order valence-electron chi connectivity index (χ1n) is 11.3. The Labute approximate surface area is 199 Å². The van der Waals surface area contributed by atoms with E-state index in [1.165, 1.54) is 31.4 Å². The Bertz CT molecular complexity index is 1130. The molecular formula is C27H24F5OSi.